The number of ketones is 1. The van der Waals surface area contributed by atoms with Gasteiger partial charge < -0.3 is 15.4 Å². The van der Waals surface area contributed by atoms with Gasteiger partial charge >= 0.3 is 5.97 Å². The second kappa shape index (κ2) is 6.71. The zero-order chi connectivity index (χ0) is 16.1. The zero-order valence-electron chi connectivity index (χ0n) is 12.0. The highest BCUT2D eigenvalue weighted by Crippen LogP contribution is 2.07. The van der Waals surface area contributed by atoms with Crippen LogP contribution in [0.1, 0.15) is 33.3 Å². The first-order valence-electron chi connectivity index (χ1n) is 6.74. The van der Waals surface area contributed by atoms with Crippen LogP contribution in [-0.2, 0) is 11.2 Å². The minimum absolute atomic E-state index is 0.157. The standard InChI is InChI=1S/C16H16N2O4/c1-10(19)12-8-13(17-9-12)15(20)18-14(16(21)22)7-11-5-3-2-4-6-11/h2-6,8-9,14,17H,7H2,1H3,(H,18,20)(H,21,22). The van der Waals surface area contributed by atoms with Crippen molar-refractivity contribution in [1.82, 2.24) is 10.3 Å². The maximum atomic E-state index is 12.1. The minimum Gasteiger partial charge on any atom is -0.480 e. The number of aromatic nitrogens is 1. The quantitative estimate of drug-likeness (QED) is 0.706. The van der Waals surface area contributed by atoms with E-state index in [2.05, 4.69) is 10.3 Å². The number of rotatable bonds is 6. The van der Waals surface area contributed by atoms with E-state index in [0.29, 0.717) is 5.56 Å². The van der Waals surface area contributed by atoms with Crippen LogP contribution in [0, 0.1) is 0 Å². The van der Waals surface area contributed by atoms with Gasteiger partial charge in [0.15, 0.2) is 5.78 Å². The van der Waals surface area contributed by atoms with E-state index in [1.807, 2.05) is 6.07 Å². The van der Waals surface area contributed by atoms with Crippen LogP contribution in [0.25, 0.3) is 0 Å². The fourth-order valence-electron chi connectivity index (χ4n) is 2.01. The molecule has 0 radical (unpaired) electrons. The Balaban J connectivity index is 2.08. The Bertz CT molecular complexity index is 691. The van der Waals surface area contributed by atoms with Crippen molar-refractivity contribution in [2.45, 2.75) is 19.4 Å². The molecule has 0 fully saturated rings. The summed E-state index contributed by atoms with van der Waals surface area (Å²) < 4.78 is 0. The van der Waals surface area contributed by atoms with Crippen LogP contribution in [0.15, 0.2) is 42.6 Å². The number of Topliss-reactive ketones (excluding diaryl/α,β-unsaturated/α-hetero) is 1. The van der Waals surface area contributed by atoms with Crippen molar-refractivity contribution in [2.75, 3.05) is 0 Å². The lowest BCUT2D eigenvalue weighted by atomic mass is 10.1. The van der Waals surface area contributed by atoms with Gasteiger partial charge in [0.2, 0.25) is 0 Å². The van der Waals surface area contributed by atoms with E-state index < -0.39 is 17.9 Å². The van der Waals surface area contributed by atoms with E-state index >= 15 is 0 Å². The molecule has 2 aromatic rings. The number of carboxylic acid groups (broad SMARTS) is 1. The molecule has 1 aromatic carbocycles. The Labute approximate surface area is 127 Å². The third-order valence-corrected chi connectivity index (χ3v) is 3.22. The molecule has 0 aliphatic heterocycles. The van der Waals surface area contributed by atoms with Crippen molar-refractivity contribution < 1.29 is 19.5 Å². The Kier molecular flexibility index (Phi) is 4.73. The number of nitrogens with one attached hydrogen (secondary N) is 2. The molecular weight excluding hydrogens is 284 g/mol. The lowest BCUT2D eigenvalue weighted by molar-refractivity contribution is -0.139. The number of hydrogen-bond donors (Lipinski definition) is 3. The molecule has 0 spiro atoms. The van der Waals surface area contributed by atoms with Gasteiger partial charge in [-0.25, -0.2) is 4.79 Å². The van der Waals surface area contributed by atoms with Crippen LogP contribution in [0.5, 0.6) is 0 Å². The van der Waals surface area contributed by atoms with E-state index in [1.165, 1.54) is 19.2 Å². The number of carboxylic acids is 1. The average Bonchev–Trinajstić information content (AvgIpc) is 2.97. The summed E-state index contributed by atoms with van der Waals surface area (Å²) in [6, 6.07) is 9.40. The number of aliphatic carboxylic acids is 1. The van der Waals surface area contributed by atoms with Gasteiger partial charge in [-0.1, -0.05) is 30.3 Å². The van der Waals surface area contributed by atoms with Gasteiger partial charge in [-0.2, -0.15) is 0 Å². The molecule has 6 heteroatoms. The van der Waals surface area contributed by atoms with E-state index in [1.54, 1.807) is 24.3 Å². The van der Waals surface area contributed by atoms with Crippen LogP contribution in [-0.4, -0.2) is 33.8 Å². The molecule has 0 saturated heterocycles. The molecule has 0 aliphatic rings. The Hall–Kier alpha value is -2.89. The maximum absolute atomic E-state index is 12.1. The minimum atomic E-state index is -1.12. The van der Waals surface area contributed by atoms with Crippen LogP contribution in [0.3, 0.4) is 0 Å². The number of amides is 1. The van der Waals surface area contributed by atoms with E-state index in [0.717, 1.165) is 5.56 Å². The molecule has 1 unspecified atom stereocenters. The largest absolute Gasteiger partial charge is 0.480 e. The van der Waals surface area contributed by atoms with Crippen LogP contribution in [0.4, 0.5) is 0 Å². The highest BCUT2D eigenvalue weighted by Gasteiger charge is 2.22. The number of hydrogen-bond acceptors (Lipinski definition) is 3. The lowest BCUT2D eigenvalue weighted by Gasteiger charge is -2.14. The van der Waals surface area contributed by atoms with Crippen molar-refractivity contribution in [3.63, 3.8) is 0 Å². The van der Waals surface area contributed by atoms with Crippen LogP contribution in [0.2, 0.25) is 0 Å². The number of carbonyl (C=O) groups is 3. The summed E-state index contributed by atoms with van der Waals surface area (Å²) in [6.45, 7) is 1.39. The Morgan fingerprint density at radius 1 is 1.23 bits per heavy atom. The number of carbonyl (C=O) groups excluding carboxylic acids is 2. The van der Waals surface area contributed by atoms with E-state index in [-0.39, 0.29) is 17.9 Å². The first-order chi connectivity index (χ1) is 10.5. The summed E-state index contributed by atoms with van der Waals surface area (Å²) in [5.74, 6) is -1.85. The van der Waals surface area contributed by atoms with Gasteiger partial charge in [0.05, 0.1) is 0 Å². The first kappa shape index (κ1) is 15.5. The van der Waals surface area contributed by atoms with Gasteiger partial charge in [0.1, 0.15) is 11.7 Å². The highest BCUT2D eigenvalue weighted by molar-refractivity contribution is 6.00. The average molecular weight is 300 g/mol. The molecule has 2 rings (SSSR count). The molecular formula is C16H16N2O4. The molecule has 0 aliphatic carbocycles. The molecule has 6 nitrogen and oxygen atoms in total. The highest BCUT2D eigenvalue weighted by atomic mass is 16.4. The Morgan fingerprint density at radius 2 is 1.91 bits per heavy atom. The van der Waals surface area contributed by atoms with Crippen molar-refractivity contribution in [3.8, 4) is 0 Å². The van der Waals surface area contributed by atoms with Gasteiger partial charge in [0.25, 0.3) is 5.91 Å². The lowest BCUT2D eigenvalue weighted by Crippen LogP contribution is -2.42. The summed E-state index contributed by atoms with van der Waals surface area (Å²) in [5, 5.41) is 11.7. The van der Waals surface area contributed by atoms with Crippen molar-refractivity contribution in [3.05, 3.63) is 59.4 Å². The van der Waals surface area contributed by atoms with Gasteiger partial charge in [0, 0.05) is 18.2 Å². The van der Waals surface area contributed by atoms with Gasteiger partial charge in [-0.15, -0.1) is 0 Å². The molecule has 0 bridgehead atoms. The van der Waals surface area contributed by atoms with Crippen molar-refractivity contribution in [2.24, 2.45) is 0 Å². The SMILES string of the molecule is CC(=O)c1c[nH]c(C(=O)NC(Cc2ccccc2)C(=O)O)c1. The third kappa shape index (κ3) is 3.82. The number of aromatic amines is 1. The second-order valence-electron chi connectivity index (χ2n) is 4.91. The fourth-order valence-corrected chi connectivity index (χ4v) is 2.01. The van der Waals surface area contributed by atoms with E-state index in [9.17, 15) is 19.5 Å². The molecule has 1 aromatic heterocycles. The second-order valence-corrected chi connectivity index (χ2v) is 4.91. The summed E-state index contributed by atoms with van der Waals surface area (Å²) in [7, 11) is 0. The van der Waals surface area contributed by atoms with Crippen LogP contribution >= 0.6 is 0 Å². The smallest absolute Gasteiger partial charge is 0.326 e. The molecule has 114 valence electrons. The molecule has 0 saturated carbocycles. The summed E-state index contributed by atoms with van der Waals surface area (Å²) >= 11 is 0. The van der Waals surface area contributed by atoms with Gasteiger partial charge in [-0.3, -0.25) is 9.59 Å². The monoisotopic (exact) mass is 300 g/mol. The molecule has 1 amide bonds. The summed E-state index contributed by atoms with van der Waals surface area (Å²) in [6.07, 6.45) is 1.60. The fraction of sp³-hybridized carbons (Fsp3) is 0.188. The summed E-state index contributed by atoms with van der Waals surface area (Å²) in [4.78, 5) is 37.3. The van der Waals surface area contributed by atoms with Crippen molar-refractivity contribution >= 4 is 17.7 Å². The van der Waals surface area contributed by atoms with E-state index in [4.69, 9.17) is 0 Å². The van der Waals surface area contributed by atoms with Crippen molar-refractivity contribution in [1.29, 1.82) is 0 Å². The molecule has 1 heterocycles. The maximum Gasteiger partial charge on any atom is 0.326 e. The summed E-state index contributed by atoms with van der Waals surface area (Å²) in [5.41, 5.74) is 1.34. The molecule has 3 N–H and O–H groups in total. The first-order valence-corrected chi connectivity index (χ1v) is 6.74. The normalized spacial score (nSPS) is 11.7. The zero-order valence-corrected chi connectivity index (χ0v) is 12.0. The number of benzene rings is 1. The third-order valence-electron chi connectivity index (χ3n) is 3.22. The van der Waals surface area contributed by atoms with Crippen LogP contribution < -0.4 is 5.32 Å². The predicted molar refractivity (Wildman–Crippen MR) is 79.8 cm³/mol. The Morgan fingerprint density at radius 3 is 2.45 bits per heavy atom. The number of H-pyrrole nitrogens is 1. The molecule has 1 atom stereocenters. The topological polar surface area (TPSA) is 99.3 Å². The van der Waals surface area contributed by atoms with Gasteiger partial charge in [-0.05, 0) is 18.6 Å². The molecule has 22 heavy (non-hydrogen) atoms. The predicted octanol–water partition coefficient (Wildman–Crippen LogP) is 1.64.